The smallest absolute Gasteiger partial charge is 0.115 e. The van der Waals surface area contributed by atoms with E-state index in [2.05, 4.69) is 6.92 Å². The molecule has 2 aromatic rings. The molecule has 0 amide bonds. The van der Waals surface area contributed by atoms with Crippen LogP contribution >= 0.6 is 0 Å². The highest BCUT2D eigenvalue weighted by Crippen LogP contribution is 2.21. The van der Waals surface area contributed by atoms with Crippen LogP contribution in [0.3, 0.4) is 0 Å². The molecule has 0 fully saturated rings. The number of hydrogen-bond acceptors (Lipinski definition) is 1. The molecule has 1 radical (unpaired) electrons. The van der Waals surface area contributed by atoms with E-state index in [1.807, 2.05) is 36.4 Å². The predicted molar refractivity (Wildman–Crippen MR) is 58.0 cm³/mol. The minimum absolute atomic E-state index is 0.294. The Hall–Kier alpha value is -1.76. The Balaban J connectivity index is 2.40. The molecule has 0 saturated carbocycles. The van der Waals surface area contributed by atoms with E-state index in [1.54, 1.807) is 12.1 Å². The van der Waals surface area contributed by atoms with Crippen molar-refractivity contribution in [3.05, 3.63) is 61.0 Å². The predicted octanol–water partition coefficient (Wildman–Crippen LogP) is 3.24. The molecular formula is C13H11O. The maximum atomic E-state index is 9.14. The van der Waals surface area contributed by atoms with E-state index in [0.717, 1.165) is 16.7 Å². The van der Waals surface area contributed by atoms with Gasteiger partial charge in [-0.15, -0.1) is 0 Å². The molecule has 0 spiro atoms. The van der Waals surface area contributed by atoms with E-state index < -0.39 is 0 Å². The van der Waals surface area contributed by atoms with Gasteiger partial charge in [-0.25, -0.2) is 0 Å². The number of hydrogen-bond donors (Lipinski definition) is 1. The summed E-state index contributed by atoms with van der Waals surface area (Å²) in [5, 5.41) is 9.14. The maximum Gasteiger partial charge on any atom is 0.115 e. The Labute approximate surface area is 83.6 Å². The normalized spacial score (nSPS) is 10.1. The molecule has 0 heterocycles. The highest BCUT2D eigenvalue weighted by Gasteiger charge is 1.96. The van der Waals surface area contributed by atoms with Crippen molar-refractivity contribution < 1.29 is 5.11 Å². The second kappa shape index (κ2) is 3.54. The molecule has 0 atom stereocenters. The molecule has 0 aliphatic heterocycles. The first-order valence-electron chi connectivity index (χ1n) is 4.47. The summed E-state index contributed by atoms with van der Waals surface area (Å²) in [4.78, 5) is 0. The monoisotopic (exact) mass is 183 g/mol. The second-order valence-corrected chi connectivity index (χ2v) is 3.24. The van der Waals surface area contributed by atoms with Gasteiger partial charge in [-0.2, -0.15) is 0 Å². The van der Waals surface area contributed by atoms with Gasteiger partial charge in [0.15, 0.2) is 0 Å². The summed E-state index contributed by atoms with van der Waals surface area (Å²) in [6.07, 6.45) is 0. The van der Waals surface area contributed by atoms with Gasteiger partial charge in [0, 0.05) is 0 Å². The summed E-state index contributed by atoms with van der Waals surface area (Å²) in [5.74, 6) is 0.294. The first kappa shape index (κ1) is 8.82. The van der Waals surface area contributed by atoms with Crippen molar-refractivity contribution in [2.45, 2.75) is 0 Å². The lowest BCUT2D eigenvalue weighted by molar-refractivity contribution is 0.475. The van der Waals surface area contributed by atoms with Crippen molar-refractivity contribution in [1.82, 2.24) is 0 Å². The van der Waals surface area contributed by atoms with Gasteiger partial charge in [-0.1, -0.05) is 36.4 Å². The van der Waals surface area contributed by atoms with Crippen LogP contribution in [-0.2, 0) is 0 Å². The summed E-state index contributed by atoms with van der Waals surface area (Å²) in [6, 6.07) is 15.2. The number of rotatable bonds is 1. The van der Waals surface area contributed by atoms with E-state index in [-0.39, 0.29) is 0 Å². The molecule has 1 nitrogen and oxygen atoms in total. The molecule has 2 rings (SSSR count). The molecule has 0 aromatic heterocycles. The van der Waals surface area contributed by atoms with E-state index in [4.69, 9.17) is 5.11 Å². The van der Waals surface area contributed by atoms with Crippen molar-refractivity contribution in [3.63, 3.8) is 0 Å². The third-order valence-electron chi connectivity index (χ3n) is 2.15. The molecule has 2 aromatic carbocycles. The van der Waals surface area contributed by atoms with Gasteiger partial charge in [0.25, 0.3) is 0 Å². The topological polar surface area (TPSA) is 20.2 Å². The summed E-state index contributed by atoms with van der Waals surface area (Å²) in [6.45, 7) is 3.83. The number of phenolic OH excluding ortho intramolecular Hbond substituents is 1. The van der Waals surface area contributed by atoms with Gasteiger partial charge in [0.05, 0.1) is 0 Å². The quantitative estimate of drug-likeness (QED) is 0.719. The molecule has 69 valence electrons. The Morgan fingerprint density at radius 2 is 1.14 bits per heavy atom. The molecule has 0 saturated heterocycles. The molecular weight excluding hydrogens is 172 g/mol. The Morgan fingerprint density at radius 3 is 1.64 bits per heavy atom. The van der Waals surface area contributed by atoms with Gasteiger partial charge >= 0.3 is 0 Å². The lowest BCUT2D eigenvalue weighted by Crippen LogP contribution is -1.77. The van der Waals surface area contributed by atoms with Gasteiger partial charge in [-0.3, -0.25) is 0 Å². The average molecular weight is 183 g/mol. The van der Waals surface area contributed by atoms with E-state index in [9.17, 15) is 0 Å². The lowest BCUT2D eigenvalue weighted by Gasteiger charge is -2.01. The lowest BCUT2D eigenvalue weighted by atomic mass is 10.0. The minimum atomic E-state index is 0.294. The zero-order chi connectivity index (χ0) is 9.97. The van der Waals surface area contributed by atoms with Crippen LogP contribution in [0.4, 0.5) is 0 Å². The Kier molecular flexibility index (Phi) is 2.23. The third-order valence-corrected chi connectivity index (χ3v) is 2.15. The second-order valence-electron chi connectivity index (χ2n) is 3.24. The van der Waals surface area contributed by atoms with E-state index in [1.165, 1.54) is 0 Å². The van der Waals surface area contributed by atoms with Crippen LogP contribution in [0.1, 0.15) is 5.56 Å². The Morgan fingerprint density at radius 1 is 0.714 bits per heavy atom. The van der Waals surface area contributed by atoms with Crippen LogP contribution in [0.5, 0.6) is 5.75 Å². The highest BCUT2D eigenvalue weighted by molar-refractivity contribution is 5.64. The van der Waals surface area contributed by atoms with Gasteiger partial charge < -0.3 is 5.11 Å². The van der Waals surface area contributed by atoms with Gasteiger partial charge in [-0.05, 0) is 35.7 Å². The minimum Gasteiger partial charge on any atom is -0.508 e. The summed E-state index contributed by atoms with van der Waals surface area (Å²) in [7, 11) is 0. The first-order chi connectivity index (χ1) is 6.75. The maximum absolute atomic E-state index is 9.14. The van der Waals surface area contributed by atoms with Crippen molar-refractivity contribution in [3.8, 4) is 16.9 Å². The summed E-state index contributed by atoms with van der Waals surface area (Å²) in [5.41, 5.74) is 3.24. The van der Waals surface area contributed by atoms with Crippen LogP contribution in [0.25, 0.3) is 11.1 Å². The molecule has 0 bridgehead atoms. The van der Waals surface area contributed by atoms with Gasteiger partial charge in [0.2, 0.25) is 0 Å². The number of phenols is 1. The number of aromatic hydroxyl groups is 1. The standard InChI is InChI=1S/C13H11O/c1-10-2-4-11(5-3-10)12-6-8-13(14)9-7-12/h2-9,14H,1H2. The molecule has 0 aliphatic carbocycles. The molecule has 0 unspecified atom stereocenters. The summed E-state index contributed by atoms with van der Waals surface area (Å²) >= 11 is 0. The Bertz CT molecular complexity index is 368. The van der Waals surface area contributed by atoms with Gasteiger partial charge in [0.1, 0.15) is 5.75 Å². The first-order valence-corrected chi connectivity index (χ1v) is 4.47. The zero-order valence-corrected chi connectivity index (χ0v) is 7.77. The van der Waals surface area contributed by atoms with Crippen molar-refractivity contribution in [2.75, 3.05) is 0 Å². The highest BCUT2D eigenvalue weighted by atomic mass is 16.3. The van der Waals surface area contributed by atoms with Crippen LogP contribution in [0.15, 0.2) is 48.5 Å². The van der Waals surface area contributed by atoms with Crippen LogP contribution in [0.2, 0.25) is 0 Å². The van der Waals surface area contributed by atoms with E-state index >= 15 is 0 Å². The SMILES string of the molecule is [CH2]c1ccc(-c2ccc(O)cc2)cc1. The van der Waals surface area contributed by atoms with Crippen molar-refractivity contribution >= 4 is 0 Å². The van der Waals surface area contributed by atoms with Crippen LogP contribution in [-0.4, -0.2) is 5.11 Å². The fourth-order valence-corrected chi connectivity index (χ4v) is 1.35. The van der Waals surface area contributed by atoms with E-state index in [0.29, 0.717) is 5.75 Å². The number of benzene rings is 2. The largest absolute Gasteiger partial charge is 0.508 e. The third kappa shape index (κ3) is 1.77. The zero-order valence-electron chi connectivity index (χ0n) is 7.77. The average Bonchev–Trinajstić information content (AvgIpc) is 2.21. The molecule has 14 heavy (non-hydrogen) atoms. The molecule has 0 aliphatic rings. The van der Waals surface area contributed by atoms with Crippen molar-refractivity contribution in [2.24, 2.45) is 0 Å². The fraction of sp³-hybridized carbons (Fsp3) is 0. The fourth-order valence-electron chi connectivity index (χ4n) is 1.35. The van der Waals surface area contributed by atoms with Crippen LogP contribution in [0, 0.1) is 6.92 Å². The summed E-state index contributed by atoms with van der Waals surface area (Å²) < 4.78 is 0. The van der Waals surface area contributed by atoms with Crippen LogP contribution < -0.4 is 0 Å². The molecule has 1 heteroatoms. The van der Waals surface area contributed by atoms with Crippen molar-refractivity contribution in [1.29, 1.82) is 0 Å². The molecule has 1 N–H and O–H groups in total.